The van der Waals surface area contributed by atoms with E-state index in [1.807, 2.05) is 0 Å². The van der Waals surface area contributed by atoms with Crippen LogP contribution >= 0.6 is 0 Å². The van der Waals surface area contributed by atoms with Gasteiger partial charge in [-0.05, 0) is 5.92 Å². The van der Waals surface area contributed by atoms with Gasteiger partial charge in [0.05, 0.1) is 46.2 Å². The van der Waals surface area contributed by atoms with Gasteiger partial charge < -0.3 is 18.9 Å². The highest BCUT2D eigenvalue weighted by atomic mass is 16.6. The molecule has 0 atom stereocenters. The number of ether oxygens (including phenoxy) is 4. The summed E-state index contributed by atoms with van der Waals surface area (Å²) >= 11 is 0. The fourth-order valence-electron chi connectivity index (χ4n) is 1.11. The quantitative estimate of drug-likeness (QED) is 0.372. The van der Waals surface area contributed by atoms with Crippen LogP contribution in [0.5, 0.6) is 0 Å². The SMILES string of the molecule is C#CCCOCCOCCOCCOCC(C)C. The summed E-state index contributed by atoms with van der Waals surface area (Å²) in [6, 6.07) is 0. The van der Waals surface area contributed by atoms with Gasteiger partial charge >= 0.3 is 0 Å². The average Bonchev–Trinajstić information content (AvgIpc) is 2.34. The van der Waals surface area contributed by atoms with Crippen LogP contribution in [-0.4, -0.2) is 52.9 Å². The predicted octanol–water partition coefficient (Wildman–Crippen LogP) is 1.73. The molecule has 0 rings (SSSR count). The molecular weight excluding hydrogens is 232 g/mol. The summed E-state index contributed by atoms with van der Waals surface area (Å²) in [5.74, 6) is 3.08. The normalized spacial score (nSPS) is 10.8. The van der Waals surface area contributed by atoms with Gasteiger partial charge in [0.15, 0.2) is 0 Å². The van der Waals surface area contributed by atoms with Crippen molar-refractivity contribution in [3.8, 4) is 12.3 Å². The zero-order valence-electron chi connectivity index (χ0n) is 11.7. The second kappa shape index (κ2) is 14.5. The van der Waals surface area contributed by atoms with E-state index in [9.17, 15) is 0 Å². The van der Waals surface area contributed by atoms with Crippen molar-refractivity contribution < 1.29 is 18.9 Å². The van der Waals surface area contributed by atoms with Gasteiger partial charge in [-0.25, -0.2) is 0 Å². The zero-order valence-corrected chi connectivity index (χ0v) is 11.7. The Labute approximate surface area is 111 Å². The van der Waals surface area contributed by atoms with E-state index in [4.69, 9.17) is 25.4 Å². The van der Waals surface area contributed by atoms with Crippen LogP contribution in [0.2, 0.25) is 0 Å². The van der Waals surface area contributed by atoms with Crippen LogP contribution in [0.25, 0.3) is 0 Å². The third-order valence-electron chi connectivity index (χ3n) is 1.96. The van der Waals surface area contributed by atoms with E-state index in [0.717, 1.165) is 6.61 Å². The summed E-state index contributed by atoms with van der Waals surface area (Å²) in [4.78, 5) is 0. The molecule has 4 heteroatoms. The molecule has 0 amide bonds. The minimum absolute atomic E-state index is 0.572. The lowest BCUT2D eigenvalue weighted by atomic mass is 10.2. The minimum atomic E-state index is 0.572. The van der Waals surface area contributed by atoms with Gasteiger partial charge in [-0.2, -0.15) is 0 Å². The maximum absolute atomic E-state index is 5.38. The van der Waals surface area contributed by atoms with E-state index in [0.29, 0.717) is 58.6 Å². The Bertz CT molecular complexity index is 198. The second-order valence-corrected chi connectivity index (χ2v) is 4.26. The first-order valence-corrected chi connectivity index (χ1v) is 6.51. The van der Waals surface area contributed by atoms with E-state index < -0.39 is 0 Å². The Morgan fingerprint density at radius 2 is 1.22 bits per heavy atom. The molecule has 0 aliphatic carbocycles. The van der Waals surface area contributed by atoms with Crippen LogP contribution < -0.4 is 0 Å². The van der Waals surface area contributed by atoms with Crippen molar-refractivity contribution in [2.24, 2.45) is 5.92 Å². The molecule has 4 nitrogen and oxygen atoms in total. The first kappa shape index (κ1) is 17.4. The lowest BCUT2D eigenvalue weighted by Crippen LogP contribution is -2.13. The molecule has 106 valence electrons. The molecule has 0 bridgehead atoms. The Morgan fingerprint density at radius 3 is 1.67 bits per heavy atom. The third kappa shape index (κ3) is 15.4. The lowest BCUT2D eigenvalue weighted by molar-refractivity contribution is -0.00407. The van der Waals surface area contributed by atoms with E-state index in [-0.39, 0.29) is 0 Å². The van der Waals surface area contributed by atoms with Gasteiger partial charge in [0.2, 0.25) is 0 Å². The van der Waals surface area contributed by atoms with Crippen molar-refractivity contribution in [3.05, 3.63) is 0 Å². The molecule has 0 radical (unpaired) electrons. The van der Waals surface area contributed by atoms with E-state index >= 15 is 0 Å². The summed E-state index contributed by atoms with van der Waals surface area (Å²) in [5.41, 5.74) is 0. The topological polar surface area (TPSA) is 36.9 Å². The van der Waals surface area contributed by atoms with Gasteiger partial charge in [0, 0.05) is 13.0 Å². The number of rotatable bonds is 13. The lowest BCUT2D eigenvalue weighted by Gasteiger charge is -2.08. The molecule has 0 saturated carbocycles. The average molecular weight is 258 g/mol. The van der Waals surface area contributed by atoms with Gasteiger partial charge in [-0.1, -0.05) is 13.8 Å². The standard InChI is InChI=1S/C14H26O4/c1-4-5-6-15-7-8-16-9-10-17-11-12-18-13-14(2)3/h1,14H,5-13H2,2-3H3. The van der Waals surface area contributed by atoms with E-state index in [1.54, 1.807) is 0 Å². The molecule has 0 heterocycles. The molecule has 0 N–H and O–H groups in total. The van der Waals surface area contributed by atoms with E-state index in [1.165, 1.54) is 0 Å². The monoisotopic (exact) mass is 258 g/mol. The summed E-state index contributed by atoms with van der Waals surface area (Å²) < 4.78 is 21.3. The molecule has 0 saturated heterocycles. The highest BCUT2D eigenvalue weighted by molar-refractivity contribution is 4.82. The van der Waals surface area contributed by atoms with Crippen molar-refractivity contribution in [2.45, 2.75) is 20.3 Å². The smallest absolute Gasteiger partial charge is 0.0701 e. The zero-order chi connectivity index (χ0) is 13.5. The first-order chi connectivity index (χ1) is 8.77. The molecule has 0 unspecified atom stereocenters. The molecular formula is C14H26O4. The number of hydrogen-bond acceptors (Lipinski definition) is 4. The van der Waals surface area contributed by atoms with Gasteiger partial charge in [-0.15, -0.1) is 12.3 Å². The van der Waals surface area contributed by atoms with Crippen LogP contribution in [0.1, 0.15) is 20.3 Å². The Balaban J connectivity index is 2.93. The summed E-state index contributed by atoms with van der Waals surface area (Å²) in [5, 5.41) is 0. The van der Waals surface area contributed by atoms with Crippen LogP contribution in [0.4, 0.5) is 0 Å². The summed E-state index contributed by atoms with van der Waals surface area (Å²) in [6.07, 6.45) is 5.74. The maximum Gasteiger partial charge on any atom is 0.0701 e. The van der Waals surface area contributed by atoms with Gasteiger partial charge in [0.1, 0.15) is 0 Å². The molecule has 0 aliphatic rings. The summed E-state index contributed by atoms with van der Waals surface area (Å²) in [7, 11) is 0. The molecule has 0 spiro atoms. The fraction of sp³-hybridized carbons (Fsp3) is 0.857. The van der Waals surface area contributed by atoms with Crippen molar-refractivity contribution >= 4 is 0 Å². The Kier molecular flexibility index (Phi) is 14.0. The molecule has 0 aliphatic heterocycles. The Morgan fingerprint density at radius 1 is 0.778 bits per heavy atom. The van der Waals surface area contributed by atoms with Gasteiger partial charge in [0.25, 0.3) is 0 Å². The van der Waals surface area contributed by atoms with Crippen LogP contribution in [0.15, 0.2) is 0 Å². The Hall–Kier alpha value is -0.600. The maximum atomic E-state index is 5.38. The first-order valence-electron chi connectivity index (χ1n) is 6.51. The van der Waals surface area contributed by atoms with Crippen molar-refractivity contribution in [1.29, 1.82) is 0 Å². The van der Waals surface area contributed by atoms with Crippen LogP contribution in [0, 0.1) is 18.3 Å². The molecule has 0 aromatic rings. The highest BCUT2D eigenvalue weighted by Crippen LogP contribution is 1.91. The van der Waals surface area contributed by atoms with E-state index in [2.05, 4.69) is 19.8 Å². The number of hydrogen-bond donors (Lipinski definition) is 0. The van der Waals surface area contributed by atoms with Crippen molar-refractivity contribution in [2.75, 3.05) is 52.9 Å². The minimum Gasteiger partial charge on any atom is -0.379 e. The molecule has 0 aromatic heterocycles. The number of terminal acetylenes is 1. The highest BCUT2D eigenvalue weighted by Gasteiger charge is 1.94. The molecule has 0 aromatic carbocycles. The molecule has 18 heavy (non-hydrogen) atoms. The third-order valence-corrected chi connectivity index (χ3v) is 1.96. The fourth-order valence-corrected chi connectivity index (χ4v) is 1.11. The second-order valence-electron chi connectivity index (χ2n) is 4.26. The van der Waals surface area contributed by atoms with Crippen LogP contribution in [0.3, 0.4) is 0 Å². The predicted molar refractivity (Wildman–Crippen MR) is 71.6 cm³/mol. The van der Waals surface area contributed by atoms with Crippen LogP contribution in [-0.2, 0) is 18.9 Å². The van der Waals surface area contributed by atoms with Crippen molar-refractivity contribution in [3.63, 3.8) is 0 Å². The van der Waals surface area contributed by atoms with Gasteiger partial charge in [-0.3, -0.25) is 0 Å². The van der Waals surface area contributed by atoms with Crippen molar-refractivity contribution in [1.82, 2.24) is 0 Å². The largest absolute Gasteiger partial charge is 0.379 e. The summed E-state index contributed by atoms with van der Waals surface area (Å²) in [6.45, 7) is 9.25. The molecule has 0 fully saturated rings.